The van der Waals surface area contributed by atoms with Gasteiger partial charge in [-0.05, 0) is 35.4 Å². The summed E-state index contributed by atoms with van der Waals surface area (Å²) in [5, 5.41) is 23.9. The zero-order valence-electron chi connectivity index (χ0n) is 12.5. The summed E-state index contributed by atoms with van der Waals surface area (Å²) in [7, 11) is 1.56. The average Bonchev–Trinajstić information content (AvgIpc) is 2.55. The molecule has 0 radical (unpaired) electrons. The summed E-state index contributed by atoms with van der Waals surface area (Å²) < 4.78 is 5.43. The molecule has 0 spiro atoms. The van der Waals surface area contributed by atoms with E-state index in [2.05, 4.69) is 5.32 Å². The number of nitrogens with one attached hydrogen (secondary N) is 1. The second-order valence-electron chi connectivity index (χ2n) is 4.93. The number of benzene rings is 2. The van der Waals surface area contributed by atoms with Crippen LogP contribution in [0.3, 0.4) is 0 Å². The quantitative estimate of drug-likeness (QED) is 0.596. The fraction of sp³-hybridized carbons (Fsp3) is 0.250. The van der Waals surface area contributed by atoms with Crippen molar-refractivity contribution in [2.45, 2.75) is 12.7 Å². The van der Waals surface area contributed by atoms with Crippen molar-refractivity contribution in [1.82, 2.24) is 0 Å². The van der Waals surface area contributed by atoms with Crippen LogP contribution in [-0.2, 0) is 11.3 Å². The van der Waals surface area contributed by atoms with Crippen LogP contribution in [0.15, 0.2) is 42.5 Å². The molecule has 0 heterocycles. The van der Waals surface area contributed by atoms with Gasteiger partial charge in [0.25, 0.3) is 5.69 Å². The summed E-state index contributed by atoms with van der Waals surface area (Å²) in [6.07, 6.45) is -0.314. The molecular weight excluding hydrogens is 320 g/mol. The van der Waals surface area contributed by atoms with E-state index in [1.165, 1.54) is 12.1 Å². The van der Waals surface area contributed by atoms with Crippen LogP contribution < -0.4 is 5.32 Å². The van der Waals surface area contributed by atoms with Gasteiger partial charge in [0.05, 0.1) is 17.6 Å². The Labute approximate surface area is 138 Å². The first kappa shape index (κ1) is 17.2. The van der Waals surface area contributed by atoms with Crippen LogP contribution in [0.2, 0.25) is 5.02 Å². The fourth-order valence-electron chi connectivity index (χ4n) is 2.23. The molecule has 6 nitrogen and oxygen atoms in total. The van der Waals surface area contributed by atoms with Gasteiger partial charge < -0.3 is 15.2 Å². The van der Waals surface area contributed by atoms with E-state index in [9.17, 15) is 15.2 Å². The first-order chi connectivity index (χ1) is 11.0. The van der Waals surface area contributed by atoms with Crippen molar-refractivity contribution in [3.05, 3.63) is 68.7 Å². The van der Waals surface area contributed by atoms with Crippen molar-refractivity contribution in [2.75, 3.05) is 19.0 Å². The first-order valence-electron chi connectivity index (χ1n) is 6.95. The summed E-state index contributed by atoms with van der Waals surface area (Å²) >= 11 is 5.98. The van der Waals surface area contributed by atoms with Crippen molar-refractivity contribution in [3.8, 4) is 0 Å². The zero-order valence-corrected chi connectivity index (χ0v) is 13.3. The van der Waals surface area contributed by atoms with Crippen molar-refractivity contribution in [1.29, 1.82) is 0 Å². The minimum Gasteiger partial charge on any atom is -0.392 e. The number of rotatable bonds is 7. The molecular formula is C16H17ClN2O4. The van der Waals surface area contributed by atoms with Gasteiger partial charge in [-0.15, -0.1) is 0 Å². The number of aliphatic hydroxyl groups is 1. The second-order valence-corrected chi connectivity index (χ2v) is 5.36. The predicted octanol–water partition coefficient (Wildman–Crippen LogP) is 3.54. The molecule has 0 aliphatic rings. The van der Waals surface area contributed by atoms with Crippen LogP contribution in [0.4, 0.5) is 11.4 Å². The number of nitro groups is 1. The fourth-order valence-corrected chi connectivity index (χ4v) is 2.43. The zero-order chi connectivity index (χ0) is 16.8. The molecule has 2 rings (SSSR count). The molecule has 0 aliphatic carbocycles. The maximum absolute atomic E-state index is 11.1. The van der Waals surface area contributed by atoms with E-state index in [0.29, 0.717) is 22.8 Å². The normalized spacial score (nSPS) is 12.0. The summed E-state index contributed by atoms with van der Waals surface area (Å²) in [5.74, 6) is 0. The monoisotopic (exact) mass is 336 g/mol. The molecule has 2 aromatic carbocycles. The Bertz CT molecular complexity index is 694. The van der Waals surface area contributed by atoms with Gasteiger partial charge in [0, 0.05) is 24.7 Å². The maximum atomic E-state index is 11.1. The van der Waals surface area contributed by atoms with Crippen LogP contribution in [-0.4, -0.2) is 23.7 Å². The number of hydrogen-bond acceptors (Lipinski definition) is 5. The Kier molecular flexibility index (Phi) is 5.92. The molecule has 1 unspecified atom stereocenters. The van der Waals surface area contributed by atoms with Gasteiger partial charge >= 0.3 is 0 Å². The molecule has 0 saturated heterocycles. The lowest BCUT2D eigenvalue weighted by Gasteiger charge is -2.18. The molecule has 7 heteroatoms. The first-order valence-corrected chi connectivity index (χ1v) is 7.33. The smallest absolute Gasteiger partial charge is 0.292 e. The standard InChI is InChI=1S/C16H17ClN2O4/c1-23-16(12-3-2-4-13(17)8-12)9-18-14-7-11(10-20)5-6-15(14)19(21)22/h2-8,16,18,20H,9-10H2,1H3. The average molecular weight is 337 g/mol. The van der Waals surface area contributed by atoms with E-state index in [4.69, 9.17) is 16.3 Å². The van der Waals surface area contributed by atoms with E-state index in [0.717, 1.165) is 5.56 Å². The van der Waals surface area contributed by atoms with Crippen molar-refractivity contribution in [2.24, 2.45) is 0 Å². The van der Waals surface area contributed by atoms with Gasteiger partial charge in [0.2, 0.25) is 0 Å². The Morgan fingerprint density at radius 1 is 1.35 bits per heavy atom. The number of nitrogens with zero attached hydrogens (tertiary/aromatic N) is 1. The van der Waals surface area contributed by atoms with Gasteiger partial charge in [-0.3, -0.25) is 10.1 Å². The highest BCUT2D eigenvalue weighted by atomic mass is 35.5. The topological polar surface area (TPSA) is 84.6 Å². The van der Waals surface area contributed by atoms with E-state index in [1.54, 1.807) is 25.3 Å². The number of nitro benzene ring substituents is 1. The molecule has 0 bridgehead atoms. The number of halogens is 1. The van der Waals surface area contributed by atoms with Gasteiger partial charge in [-0.1, -0.05) is 23.7 Å². The number of aliphatic hydroxyl groups excluding tert-OH is 1. The molecule has 0 saturated carbocycles. The number of hydrogen-bond donors (Lipinski definition) is 2. The molecule has 2 N–H and O–H groups in total. The SMILES string of the molecule is COC(CNc1cc(CO)ccc1[N+](=O)[O-])c1cccc(Cl)c1. The largest absolute Gasteiger partial charge is 0.392 e. The predicted molar refractivity (Wildman–Crippen MR) is 88.7 cm³/mol. The Morgan fingerprint density at radius 2 is 2.13 bits per heavy atom. The lowest BCUT2D eigenvalue weighted by atomic mass is 10.1. The van der Waals surface area contributed by atoms with Crippen molar-refractivity contribution in [3.63, 3.8) is 0 Å². The van der Waals surface area contributed by atoms with E-state index >= 15 is 0 Å². The lowest BCUT2D eigenvalue weighted by Crippen LogP contribution is -2.15. The molecule has 1 atom stereocenters. The number of anilines is 1. The maximum Gasteiger partial charge on any atom is 0.292 e. The van der Waals surface area contributed by atoms with E-state index < -0.39 is 4.92 Å². The summed E-state index contributed by atoms with van der Waals surface area (Å²) in [5.41, 5.74) is 1.75. The molecule has 0 aromatic heterocycles. The molecule has 23 heavy (non-hydrogen) atoms. The molecule has 0 aliphatic heterocycles. The summed E-state index contributed by atoms with van der Waals surface area (Å²) in [6, 6.07) is 11.7. The molecule has 122 valence electrons. The number of methoxy groups -OCH3 is 1. The molecule has 2 aromatic rings. The molecule has 0 amide bonds. The van der Waals surface area contributed by atoms with E-state index in [1.807, 2.05) is 12.1 Å². The van der Waals surface area contributed by atoms with Gasteiger partial charge in [-0.2, -0.15) is 0 Å². The third-order valence-corrected chi connectivity index (χ3v) is 3.66. The van der Waals surface area contributed by atoms with Gasteiger partial charge in [0.15, 0.2) is 0 Å². The Hall–Kier alpha value is -2.15. The van der Waals surface area contributed by atoms with Crippen LogP contribution >= 0.6 is 11.6 Å². The highest BCUT2D eigenvalue weighted by Crippen LogP contribution is 2.27. The van der Waals surface area contributed by atoms with Crippen LogP contribution in [0.25, 0.3) is 0 Å². The Balaban J connectivity index is 2.19. The minimum atomic E-state index is -0.468. The van der Waals surface area contributed by atoms with Crippen LogP contribution in [0, 0.1) is 10.1 Å². The van der Waals surface area contributed by atoms with Gasteiger partial charge in [0.1, 0.15) is 5.69 Å². The highest BCUT2D eigenvalue weighted by molar-refractivity contribution is 6.30. The molecule has 0 fully saturated rings. The van der Waals surface area contributed by atoms with Crippen molar-refractivity contribution < 1.29 is 14.8 Å². The van der Waals surface area contributed by atoms with Gasteiger partial charge in [-0.25, -0.2) is 0 Å². The third kappa shape index (κ3) is 4.41. The summed E-state index contributed by atoms with van der Waals surface area (Å²) in [4.78, 5) is 10.6. The number of ether oxygens (including phenoxy) is 1. The minimum absolute atomic E-state index is 0.0526. The second kappa shape index (κ2) is 7.92. The Morgan fingerprint density at radius 3 is 2.74 bits per heavy atom. The van der Waals surface area contributed by atoms with Crippen LogP contribution in [0.5, 0.6) is 0 Å². The summed E-state index contributed by atoms with van der Waals surface area (Å²) in [6.45, 7) is 0.140. The third-order valence-electron chi connectivity index (χ3n) is 3.42. The van der Waals surface area contributed by atoms with E-state index in [-0.39, 0.29) is 18.4 Å². The lowest BCUT2D eigenvalue weighted by molar-refractivity contribution is -0.384. The van der Waals surface area contributed by atoms with Crippen LogP contribution in [0.1, 0.15) is 17.2 Å². The van der Waals surface area contributed by atoms with Crippen molar-refractivity contribution >= 4 is 23.0 Å². The highest BCUT2D eigenvalue weighted by Gasteiger charge is 2.17.